The average Bonchev–Trinajstić information content (AvgIpc) is 2.75. The van der Waals surface area contributed by atoms with E-state index in [1.807, 2.05) is 6.07 Å². The highest BCUT2D eigenvalue weighted by Crippen LogP contribution is 2.27. The molecule has 0 aromatic heterocycles. The Hall–Kier alpha value is -3.45. The van der Waals surface area contributed by atoms with Crippen molar-refractivity contribution in [1.29, 1.82) is 0 Å². The van der Waals surface area contributed by atoms with Gasteiger partial charge >= 0.3 is 0 Å². The highest BCUT2D eigenvalue weighted by molar-refractivity contribution is 7.92. The van der Waals surface area contributed by atoms with Gasteiger partial charge in [0.1, 0.15) is 0 Å². The SMILES string of the molecule is CCN(c1ccccc1)S(=O)(=O)c1cc(C(=O)Nc2ccccc2C(C)=O)ccc1C. The maximum Gasteiger partial charge on any atom is 0.264 e. The number of carbonyl (C=O) groups is 2. The van der Waals surface area contributed by atoms with Crippen molar-refractivity contribution in [3.8, 4) is 0 Å². The molecule has 0 fully saturated rings. The molecular weight excluding hydrogens is 412 g/mol. The Balaban J connectivity index is 1.98. The smallest absolute Gasteiger partial charge is 0.264 e. The van der Waals surface area contributed by atoms with Gasteiger partial charge in [0.25, 0.3) is 15.9 Å². The number of aryl methyl sites for hydroxylation is 1. The molecule has 7 heteroatoms. The van der Waals surface area contributed by atoms with Gasteiger partial charge < -0.3 is 5.32 Å². The standard InChI is InChI=1S/C24H24N2O4S/c1-4-26(20-10-6-5-7-11-20)31(29,30)23-16-19(15-14-17(23)2)24(28)25-22-13-9-8-12-21(22)18(3)27/h5-16H,4H2,1-3H3,(H,25,28). The molecule has 0 radical (unpaired) electrons. The number of ketones is 1. The fraction of sp³-hybridized carbons (Fsp3) is 0.167. The number of benzene rings is 3. The largest absolute Gasteiger partial charge is 0.321 e. The van der Waals surface area contributed by atoms with Crippen LogP contribution in [0.4, 0.5) is 11.4 Å². The molecule has 0 saturated heterocycles. The van der Waals surface area contributed by atoms with Crippen molar-refractivity contribution >= 4 is 33.1 Å². The van der Waals surface area contributed by atoms with Crippen LogP contribution in [0, 0.1) is 6.92 Å². The van der Waals surface area contributed by atoms with Gasteiger partial charge in [0.2, 0.25) is 0 Å². The third-order valence-electron chi connectivity index (χ3n) is 4.90. The van der Waals surface area contributed by atoms with Gasteiger partial charge in [-0.25, -0.2) is 8.42 Å². The predicted octanol–water partition coefficient (Wildman–Crippen LogP) is 4.67. The Bertz CT molecular complexity index is 1220. The molecule has 160 valence electrons. The van der Waals surface area contributed by atoms with Gasteiger partial charge in [-0.3, -0.25) is 13.9 Å². The zero-order valence-corrected chi connectivity index (χ0v) is 18.4. The second-order valence-corrected chi connectivity index (χ2v) is 8.87. The maximum absolute atomic E-state index is 13.4. The molecule has 0 aliphatic carbocycles. The van der Waals surface area contributed by atoms with E-state index in [0.717, 1.165) is 0 Å². The number of Topliss-reactive ketones (excluding diaryl/α,β-unsaturated/α-hetero) is 1. The zero-order chi connectivity index (χ0) is 22.6. The number of sulfonamides is 1. The summed E-state index contributed by atoms with van der Waals surface area (Å²) in [5, 5.41) is 2.71. The summed E-state index contributed by atoms with van der Waals surface area (Å²) in [4.78, 5) is 24.7. The van der Waals surface area contributed by atoms with E-state index >= 15 is 0 Å². The number of carbonyl (C=O) groups excluding carboxylic acids is 2. The number of para-hydroxylation sites is 2. The molecular formula is C24H24N2O4S. The Morgan fingerprint density at radius 2 is 1.58 bits per heavy atom. The summed E-state index contributed by atoms with van der Waals surface area (Å²) in [5.74, 6) is -0.669. The predicted molar refractivity (Wildman–Crippen MR) is 122 cm³/mol. The molecule has 0 aliphatic rings. The number of nitrogens with one attached hydrogen (secondary N) is 1. The molecule has 31 heavy (non-hydrogen) atoms. The normalized spacial score (nSPS) is 11.1. The lowest BCUT2D eigenvalue weighted by Gasteiger charge is -2.24. The summed E-state index contributed by atoms with van der Waals surface area (Å²) in [6.07, 6.45) is 0. The summed E-state index contributed by atoms with van der Waals surface area (Å²) in [5.41, 5.74) is 2.04. The van der Waals surface area contributed by atoms with Crippen molar-refractivity contribution in [3.63, 3.8) is 0 Å². The molecule has 3 aromatic rings. The highest BCUT2D eigenvalue weighted by atomic mass is 32.2. The van der Waals surface area contributed by atoms with Gasteiger partial charge in [-0.2, -0.15) is 0 Å². The van der Waals surface area contributed by atoms with Crippen LogP contribution in [0.2, 0.25) is 0 Å². The number of hydrogen-bond acceptors (Lipinski definition) is 4. The molecule has 1 amide bonds. The third kappa shape index (κ3) is 4.67. The molecule has 0 atom stereocenters. The van der Waals surface area contributed by atoms with E-state index in [2.05, 4.69) is 5.32 Å². The lowest BCUT2D eigenvalue weighted by molar-refractivity contribution is 0.101. The van der Waals surface area contributed by atoms with Crippen LogP contribution < -0.4 is 9.62 Å². The summed E-state index contributed by atoms with van der Waals surface area (Å²) in [7, 11) is -3.89. The van der Waals surface area contributed by atoms with E-state index < -0.39 is 15.9 Å². The van der Waals surface area contributed by atoms with Gasteiger partial charge in [0.05, 0.1) is 16.3 Å². The molecule has 0 unspecified atom stereocenters. The first-order valence-electron chi connectivity index (χ1n) is 9.85. The number of nitrogens with zero attached hydrogens (tertiary/aromatic N) is 1. The van der Waals surface area contributed by atoms with Crippen LogP contribution in [0.15, 0.2) is 77.7 Å². The van der Waals surface area contributed by atoms with Crippen molar-refractivity contribution in [2.75, 3.05) is 16.2 Å². The first-order chi connectivity index (χ1) is 14.8. The van der Waals surface area contributed by atoms with Crippen molar-refractivity contribution in [2.45, 2.75) is 25.7 Å². The van der Waals surface area contributed by atoms with Crippen LogP contribution in [-0.2, 0) is 10.0 Å². The average molecular weight is 437 g/mol. The highest BCUT2D eigenvalue weighted by Gasteiger charge is 2.26. The molecule has 0 spiro atoms. The van der Waals surface area contributed by atoms with E-state index in [0.29, 0.717) is 22.5 Å². The molecule has 0 heterocycles. The lowest BCUT2D eigenvalue weighted by Crippen LogP contribution is -2.31. The van der Waals surface area contributed by atoms with Crippen molar-refractivity contribution < 1.29 is 18.0 Å². The Morgan fingerprint density at radius 3 is 2.23 bits per heavy atom. The van der Waals surface area contributed by atoms with Crippen LogP contribution in [-0.4, -0.2) is 26.7 Å². The van der Waals surface area contributed by atoms with Crippen LogP contribution >= 0.6 is 0 Å². The molecule has 6 nitrogen and oxygen atoms in total. The molecule has 0 aliphatic heterocycles. The quantitative estimate of drug-likeness (QED) is 0.546. The summed E-state index contributed by atoms with van der Waals surface area (Å²) >= 11 is 0. The van der Waals surface area contributed by atoms with Gasteiger partial charge in [0, 0.05) is 17.7 Å². The van der Waals surface area contributed by atoms with E-state index in [1.54, 1.807) is 74.5 Å². The molecule has 3 rings (SSSR count). The lowest BCUT2D eigenvalue weighted by atomic mass is 10.1. The fourth-order valence-corrected chi connectivity index (χ4v) is 5.04. The number of amides is 1. The van der Waals surface area contributed by atoms with Crippen LogP contribution in [0.5, 0.6) is 0 Å². The van der Waals surface area contributed by atoms with Gasteiger partial charge in [-0.1, -0.05) is 36.4 Å². The molecule has 3 aromatic carbocycles. The zero-order valence-electron chi connectivity index (χ0n) is 17.6. The van der Waals surface area contributed by atoms with E-state index in [9.17, 15) is 18.0 Å². The Morgan fingerprint density at radius 1 is 0.935 bits per heavy atom. The maximum atomic E-state index is 13.4. The summed E-state index contributed by atoms with van der Waals surface area (Å²) in [6.45, 7) is 5.12. The number of anilines is 2. The van der Waals surface area contributed by atoms with E-state index in [1.165, 1.54) is 17.3 Å². The number of hydrogen-bond donors (Lipinski definition) is 1. The topological polar surface area (TPSA) is 83.6 Å². The Kier molecular flexibility index (Phi) is 6.56. The number of rotatable bonds is 7. The minimum Gasteiger partial charge on any atom is -0.321 e. The van der Waals surface area contributed by atoms with E-state index in [-0.39, 0.29) is 22.8 Å². The second-order valence-electron chi connectivity index (χ2n) is 7.04. The summed E-state index contributed by atoms with van der Waals surface area (Å²) < 4.78 is 28.1. The van der Waals surface area contributed by atoms with E-state index in [4.69, 9.17) is 0 Å². The minimum atomic E-state index is -3.89. The van der Waals surface area contributed by atoms with Gasteiger partial charge in [0.15, 0.2) is 5.78 Å². The van der Waals surface area contributed by atoms with Crippen LogP contribution in [0.3, 0.4) is 0 Å². The molecule has 0 bridgehead atoms. The minimum absolute atomic E-state index is 0.0608. The van der Waals surface area contributed by atoms with Gasteiger partial charge in [-0.05, 0) is 62.7 Å². The van der Waals surface area contributed by atoms with Crippen molar-refractivity contribution in [1.82, 2.24) is 0 Å². The van der Waals surface area contributed by atoms with Crippen LogP contribution in [0.1, 0.15) is 40.1 Å². The van der Waals surface area contributed by atoms with Crippen molar-refractivity contribution in [2.24, 2.45) is 0 Å². The first kappa shape index (κ1) is 22.2. The molecule has 0 saturated carbocycles. The monoisotopic (exact) mass is 436 g/mol. The fourth-order valence-electron chi connectivity index (χ4n) is 3.32. The van der Waals surface area contributed by atoms with Crippen molar-refractivity contribution in [3.05, 3.63) is 89.5 Å². The van der Waals surface area contributed by atoms with Gasteiger partial charge in [-0.15, -0.1) is 0 Å². The second kappa shape index (κ2) is 9.14. The molecule has 1 N–H and O–H groups in total. The van der Waals surface area contributed by atoms with Crippen LogP contribution in [0.25, 0.3) is 0 Å². The summed E-state index contributed by atoms with van der Waals surface area (Å²) in [6, 6.07) is 20.1. The Labute approximate surface area is 182 Å². The first-order valence-corrected chi connectivity index (χ1v) is 11.3. The third-order valence-corrected chi connectivity index (χ3v) is 6.95.